The van der Waals surface area contributed by atoms with Crippen molar-refractivity contribution in [1.29, 1.82) is 0 Å². The summed E-state index contributed by atoms with van der Waals surface area (Å²) in [5.41, 5.74) is 5.65. The highest BCUT2D eigenvalue weighted by Gasteiger charge is 2.27. The first kappa shape index (κ1) is 16.2. The Hall–Kier alpha value is -0.870. The van der Waals surface area contributed by atoms with E-state index in [0.717, 1.165) is 18.6 Å². The van der Waals surface area contributed by atoms with Crippen molar-refractivity contribution >= 4 is 7.60 Å². The van der Waals surface area contributed by atoms with Crippen LogP contribution in [0.5, 0.6) is 5.75 Å². The molecule has 0 saturated heterocycles. The second-order valence-electron chi connectivity index (χ2n) is 4.21. The zero-order valence-corrected chi connectivity index (χ0v) is 12.1. The predicted octanol–water partition coefficient (Wildman–Crippen LogP) is 2.74. The number of hydrogen-bond acceptors (Lipinski definition) is 4. The summed E-state index contributed by atoms with van der Waals surface area (Å²) >= 11 is 0. The number of para-hydroxylation sites is 1. The largest absolute Gasteiger partial charge is 0.494 e. The third-order valence-electron chi connectivity index (χ3n) is 2.64. The lowest BCUT2D eigenvalue weighted by molar-refractivity contribution is 0.260. The summed E-state index contributed by atoms with van der Waals surface area (Å²) in [7, 11) is -3.65. The highest BCUT2D eigenvalue weighted by molar-refractivity contribution is 7.53. The molecule has 108 valence electrons. The van der Waals surface area contributed by atoms with E-state index in [9.17, 15) is 9.46 Å². The van der Waals surface area contributed by atoms with Crippen LogP contribution < -0.4 is 10.5 Å². The smallest absolute Gasteiger partial charge is 0.344 e. The average molecular weight is 287 g/mol. The van der Waals surface area contributed by atoms with Crippen molar-refractivity contribution in [3.05, 3.63) is 30.3 Å². The summed E-state index contributed by atoms with van der Waals surface area (Å²) in [6.45, 7) is 2.43. The van der Waals surface area contributed by atoms with Crippen LogP contribution in [0.3, 0.4) is 0 Å². The maximum atomic E-state index is 11.6. The molecule has 1 rings (SSSR count). The molecule has 19 heavy (non-hydrogen) atoms. The molecule has 1 aromatic carbocycles. The standard InChI is InChI=1S/C13H22NO4P/c1-2-18-19(15,16)13(14)10-6-7-11-17-12-8-4-3-5-9-12/h3-5,8-9,13H,2,6-7,10-11,14H2,1H3,(H,15,16). The minimum Gasteiger partial charge on any atom is -0.494 e. The molecule has 0 amide bonds. The second kappa shape index (κ2) is 8.33. The van der Waals surface area contributed by atoms with Gasteiger partial charge in [0.1, 0.15) is 11.5 Å². The van der Waals surface area contributed by atoms with Gasteiger partial charge in [0.15, 0.2) is 0 Å². The molecule has 5 nitrogen and oxygen atoms in total. The van der Waals surface area contributed by atoms with Gasteiger partial charge in [-0.2, -0.15) is 0 Å². The van der Waals surface area contributed by atoms with E-state index in [-0.39, 0.29) is 6.61 Å². The van der Waals surface area contributed by atoms with E-state index in [2.05, 4.69) is 0 Å². The van der Waals surface area contributed by atoms with Crippen LogP contribution in [-0.2, 0) is 9.09 Å². The molecule has 0 aliphatic heterocycles. The zero-order valence-electron chi connectivity index (χ0n) is 11.2. The van der Waals surface area contributed by atoms with E-state index in [1.807, 2.05) is 30.3 Å². The van der Waals surface area contributed by atoms with E-state index >= 15 is 0 Å². The van der Waals surface area contributed by atoms with Crippen LogP contribution in [0.15, 0.2) is 30.3 Å². The number of benzene rings is 1. The quantitative estimate of drug-likeness (QED) is 0.539. The highest BCUT2D eigenvalue weighted by Crippen LogP contribution is 2.46. The fourth-order valence-corrected chi connectivity index (χ4v) is 2.68. The van der Waals surface area contributed by atoms with Crippen molar-refractivity contribution < 1.29 is 18.7 Å². The third-order valence-corrected chi connectivity index (χ3v) is 4.36. The van der Waals surface area contributed by atoms with Crippen molar-refractivity contribution in [2.24, 2.45) is 5.73 Å². The zero-order chi connectivity index (χ0) is 14.1. The van der Waals surface area contributed by atoms with Crippen molar-refractivity contribution in [3.8, 4) is 5.75 Å². The van der Waals surface area contributed by atoms with Crippen molar-refractivity contribution in [3.63, 3.8) is 0 Å². The first-order chi connectivity index (χ1) is 9.06. The molecule has 1 aromatic rings. The topological polar surface area (TPSA) is 81.8 Å². The van der Waals surface area contributed by atoms with Gasteiger partial charge in [-0.25, -0.2) is 0 Å². The van der Waals surface area contributed by atoms with Gasteiger partial charge in [0.25, 0.3) is 0 Å². The number of hydrogen-bond donors (Lipinski definition) is 2. The number of unbranched alkanes of at least 4 members (excludes halogenated alkanes) is 1. The van der Waals surface area contributed by atoms with E-state index < -0.39 is 13.4 Å². The summed E-state index contributed by atoms with van der Waals surface area (Å²) < 4.78 is 21.9. The summed E-state index contributed by atoms with van der Waals surface area (Å²) in [6.07, 6.45) is 1.96. The lowest BCUT2D eigenvalue weighted by Gasteiger charge is -2.18. The minimum atomic E-state index is -3.65. The predicted molar refractivity (Wildman–Crippen MR) is 75.2 cm³/mol. The van der Waals surface area contributed by atoms with Gasteiger partial charge < -0.3 is 19.9 Å². The fraction of sp³-hybridized carbons (Fsp3) is 0.538. The van der Waals surface area contributed by atoms with Gasteiger partial charge in [0.2, 0.25) is 0 Å². The van der Waals surface area contributed by atoms with Crippen LogP contribution in [0.2, 0.25) is 0 Å². The molecule has 0 aromatic heterocycles. The molecular formula is C13H22NO4P. The Labute approximate surface area is 114 Å². The van der Waals surface area contributed by atoms with Crippen LogP contribution >= 0.6 is 7.60 Å². The van der Waals surface area contributed by atoms with Crippen LogP contribution in [-0.4, -0.2) is 23.9 Å². The maximum absolute atomic E-state index is 11.6. The molecule has 0 spiro atoms. The summed E-state index contributed by atoms with van der Waals surface area (Å²) in [5, 5.41) is 0. The van der Waals surface area contributed by atoms with E-state index in [1.165, 1.54) is 0 Å². The Morgan fingerprint density at radius 3 is 2.63 bits per heavy atom. The van der Waals surface area contributed by atoms with Crippen molar-refractivity contribution in [1.82, 2.24) is 0 Å². The molecule has 2 atom stereocenters. The maximum Gasteiger partial charge on any atom is 0.344 e. The molecule has 0 heterocycles. The molecule has 3 N–H and O–H groups in total. The number of nitrogens with two attached hydrogens (primary N) is 1. The van der Waals surface area contributed by atoms with Crippen molar-refractivity contribution in [2.75, 3.05) is 13.2 Å². The van der Waals surface area contributed by atoms with E-state index in [4.69, 9.17) is 15.0 Å². The van der Waals surface area contributed by atoms with Gasteiger partial charge in [-0.3, -0.25) is 4.57 Å². The van der Waals surface area contributed by atoms with E-state index in [1.54, 1.807) is 6.92 Å². The monoisotopic (exact) mass is 287 g/mol. The van der Waals surface area contributed by atoms with Gasteiger partial charge in [0.05, 0.1) is 13.2 Å². The SMILES string of the molecule is CCOP(=O)(O)C(N)CCCCOc1ccccc1. The van der Waals surface area contributed by atoms with Gasteiger partial charge in [-0.15, -0.1) is 0 Å². The lowest BCUT2D eigenvalue weighted by Crippen LogP contribution is -2.21. The molecule has 6 heteroatoms. The second-order valence-corrected chi connectivity index (χ2v) is 6.26. The average Bonchev–Trinajstić information content (AvgIpc) is 2.39. The Kier molecular flexibility index (Phi) is 7.10. The Bertz CT molecular complexity index is 399. The number of rotatable bonds is 9. The van der Waals surface area contributed by atoms with Gasteiger partial charge in [-0.1, -0.05) is 18.2 Å². The van der Waals surface area contributed by atoms with Crippen molar-refractivity contribution in [2.45, 2.75) is 32.0 Å². The minimum absolute atomic E-state index is 0.193. The highest BCUT2D eigenvalue weighted by atomic mass is 31.2. The molecule has 0 aliphatic carbocycles. The Morgan fingerprint density at radius 2 is 2.00 bits per heavy atom. The normalized spacial score (nSPS) is 15.7. The molecule has 0 aliphatic rings. The third kappa shape index (κ3) is 6.21. The van der Waals surface area contributed by atoms with E-state index in [0.29, 0.717) is 13.0 Å². The van der Waals surface area contributed by atoms with Gasteiger partial charge in [0, 0.05) is 0 Å². The Balaban J connectivity index is 2.15. The lowest BCUT2D eigenvalue weighted by atomic mass is 10.2. The first-order valence-electron chi connectivity index (χ1n) is 6.46. The molecule has 2 unspecified atom stereocenters. The van der Waals surface area contributed by atoms with Crippen LogP contribution in [0.25, 0.3) is 0 Å². The van der Waals surface area contributed by atoms with Crippen LogP contribution in [0.1, 0.15) is 26.2 Å². The summed E-state index contributed by atoms with van der Waals surface area (Å²) in [5.74, 6) is 0.0121. The number of ether oxygens (including phenoxy) is 1. The molecule has 0 fully saturated rings. The summed E-state index contributed by atoms with van der Waals surface area (Å²) in [6, 6.07) is 9.54. The molecule has 0 radical (unpaired) electrons. The Morgan fingerprint density at radius 1 is 1.32 bits per heavy atom. The fourth-order valence-electron chi connectivity index (χ4n) is 1.61. The first-order valence-corrected chi connectivity index (χ1v) is 8.11. The summed E-state index contributed by atoms with van der Waals surface area (Å²) in [4.78, 5) is 9.49. The molecule has 0 saturated carbocycles. The van der Waals surface area contributed by atoms with Gasteiger partial charge in [-0.05, 0) is 38.3 Å². The van der Waals surface area contributed by atoms with Crippen LogP contribution in [0, 0.1) is 0 Å². The molecular weight excluding hydrogens is 265 g/mol. The van der Waals surface area contributed by atoms with Gasteiger partial charge >= 0.3 is 7.60 Å². The molecule has 0 bridgehead atoms. The van der Waals surface area contributed by atoms with Crippen LogP contribution in [0.4, 0.5) is 0 Å².